The first-order valence-corrected chi connectivity index (χ1v) is 13.2. The zero-order valence-electron chi connectivity index (χ0n) is 20.1. The first kappa shape index (κ1) is 22.9. The molecule has 1 aromatic carbocycles. The van der Waals surface area contributed by atoms with Gasteiger partial charge in [-0.2, -0.15) is 0 Å². The van der Waals surface area contributed by atoms with Crippen molar-refractivity contribution >= 4 is 39.9 Å². The average Bonchev–Trinajstić information content (AvgIpc) is 3.26. The lowest BCUT2D eigenvalue weighted by Crippen LogP contribution is -2.56. The van der Waals surface area contributed by atoms with Crippen LogP contribution in [-0.4, -0.2) is 55.1 Å². The van der Waals surface area contributed by atoms with E-state index in [1.54, 1.807) is 17.7 Å². The molecule has 3 aromatic heterocycles. The zero-order valence-corrected chi connectivity index (χ0v) is 21.0. The molecule has 4 heterocycles. The Morgan fingerprint density at radius 2 is 2.11 bits per heavy atom. The summed E-state index contributed by atoms with van der Waals surface area (Å²) in [5.74, 6) is 0.316. The lowest BCUT2D eigenvalue weighted by Gasteiger charge is -2.28. The number of hydrogen-bond acceptors (Lipinski definition) is 9. The van der Waals surface area contributed by atoms with Crippen LogP contribution in [0.1, 0.15) is 37.3 Å². The van der Waals surface area contributed by atoms with Crippen LogP contribution in [0.5, 0.6) is 0 Å². The highest BCUT2D eigenvalue weighted by atomic mass is 32.1. The Balaban J connectivity index is 1.41. The van der Waals surface area contributed by atoms with Crippen molar-refractivity contribution in [2.45, 2.75) is 50.7 Å². The van der Waals surface area contributed by atoms with E-state index in [0.717, 1.165) is 41.8 Å². The fraction of sp³-hybridized carbons (Fsp3) is 0.400. The molecule has 2 fully saturated rings. The van der Waals surface area contributed by atoms with Gasteiger partial charge in [0.2, 0.25) is 5.91 Å². The van der Waals surface area contributed by atoms with E-state index in [-0.39, 0.29) is 11.9 Å². The van der Waals surface area contributed by atoms with Crippen LogP contribution in [0.15, 0.2) is 35.7 Å². The van der Waals surface area contributed by atoms with Gasteiger partial charge in [0.25, 0.3) is 0 Å². The maximum absolute atomic E-state index is 13.0. The summed E-state index contributed by atoms with van der Waals surface area (Å²) in [5.41, 5.74) is 20.4. The number of aromatic nitrogens is 5. The molecule has 5 N–H and O–H groups in total. The predicted octanol–water partition coefficient (Wildman–Crippen LogP) is 2.33. The standard InChI is InChI=1S/C25H29N9OS/c1-2-15-7-16(19-10-36-14-31-19)8-20(33-6-5-25(27,11-33)24(35)32-17-3-4-17)18(15)9-34-13-30-21-22(26)28-12-29-23(21)34/h7-8,10,12-14,17H,2-6,9,11,27H2,1H3,(H,32,35)(H2,26,28,29). The molecule has 11 heteroatoms. The Hall–Kier alpha value is -3.57. The number of imidazole rings is 1. The summed E-state index contributed by atoms with van der Waals surface area (Å²) >= 11 is 1.58. The van der Waals surface area contributed by atoms with Crippen molar-refractivity contribution < 1.29 is 4.79 Å². The molecule has 2 aliphatic rings. The lowest BCUT2D eigenvalue weighted by molar-refractivity contribution is -0.125. The summed E-state index contributed by atoms with van der Waals surface area (Å²) < 4.78 is 2.00. The van der Waals surface area contributed by atoms with Gasteiger partial charge in [0.05, 0.1) is 24.1 Å². The first-order chi connectivity index (χ1) is 17.4. The second-order valence-electron chi connectivity index (χ2n) is 9.74. The minimum Gasteiger partial charge on any atom is -0.382 e. The van der Waals surface area contributed by atoms with Gasteiger partial charge in [-0.05, 0) is 48.9 Å². The van der Waals surface area contributed by atoms with E-state index in [2.05, 4.69) is 54.6 Å². The van der Waals surface area contributed by atoms with Crippen molar-refractivity contribution in [3.05, 3.63) is 46.8 Å². The SMILES string of the molecule is CCc1cc(-c2cscn2)cc(N2CCC(N)(C(=O)NC3CC3)C2)c1Cn1cnc2c(N)ncnc21. The quantitative estimate of drug-likeness (QED) is 0.349. The molecule has 1 unspecified atom stereocenters. The molecule has 1 aliphatic heterocycles. The van der Waals surface area contributed by atoms with E-state index in [4.69, 9.17) is 11.5 Å². The number of nitrogens with zero attached hydrogens (tertiary/aromatic N) is 6. The van der Waals surface area contributed by atoms with Crippen LogP contribution < -0.4 is 21.7 Å². The van der Waals surface area contributed by atoms with Gasteiger partial charge in [-0.3, -0.25) is 4.79 Å². The van der Waals surface area contributed by atoms with Gasteiger partial charge in [0, 0.05) is 35.8 Å². The number of thiazole rings is 1. The minimum absolute atomic E-state index is 0.0480. The van der Waals surface area contributed by atoms with Crippen LogP contribution in [0.2, 0.25) is 0 Å². The molecule has 10 nitrogen and oxygen atoms in total. The highest BCUT2D eigenvalue weighted by Gasteiger charge is 2.43. The third-order valence-electron chi connectivity index (χ3n) is 7.19. The van der Waals surface area contributed by atoms with Gasteiger partial charge >= 0.3 is 0 Å². The number of carbonyl (C=O) groups is 1. The average molecular weight is 504 g/mol. The number of benzene rings is 1. The Bertz CT molecular complexity index is 1430. The third kappa shape index (κ3) is 4.07. The molecule has 6 rings (SSSR count). The van der Waals surface area contributed by atoms with Crippen molar-refractivity contribution in [3.63, 3.8) is 0 Å². The zero-order chi connectivity index (χ0) is 24.9. The second kappa shape index (κ2) is 8.82. The number of aryl methyl sites for hydroxylation is 1. The highest BCUT2D eigenvalue weighted by Crippen LogP contribution is 2.36. The van der Waals surface area contributed by atoms with E-state index in [1.165, 1.54) is 11.9 Å². The molecule has 36 heavy (non-hydrogen) atoms. The third-order valence-corrected chi connectivity index (χ3v) is 7.78. The van der Waals surface area contributed by atoms with Gasteiger partial charge < -0.3 is 26.3 Å². The first-order valence-electron chi connectivity index (χ1n) is 12.3. The molecule has 0 bridgehead atoms. The maximum atomic E-state index is 13.0. The number of carbonyl (C=O) groups excluding carboxylic acids is 1. The van der Waals surface area contributed by atoms with Crippen LogP contribution in [0.4, 0.5) is 11.5 Å². The molecular formula is C25H29N9OS. The molecular weight excluding hydrogens is 474 g/mol. The number of nitrogen functional groups attached to an aromatic ring is 1. The van der Waals surface area contributed by atoms with Crippen molar-refractivity contribution in [2.75, 3.05) is 23.7 Å². The number of anilines is 2. The van der Waals surface area contributed by atoms with Crippen LogP contribution >= 0.6 is 11.3 Å². The van der Waals surface area contributed by atoms with Gasteiger partial charge in [-0.1, -0.05) is 6.92 Å². The Labute approximate surface area is 212 Å². The lowest BCUT2D eigenvalue weighted by atomic mass is 9.96. The summed E-state index contributed by atoms with van der Waals surface area (Å²) in [4.78, 5) is 32.7. The van der Waals surface area contributed by atoms with E-state index >= 15 is 0 Å². The number of nitrogens with one attached hydrogen (secondary N) is 1. The van der Waals surface area contributed by atoms with Crippen LogP contribution in [0.25, 0.3) is 22.4 Å². The maximum Gasteiger partial charge on any atom is 0.242 e. The highest BCUT2D eigenvalue weighted by molar-refractivity contribution is 7.07. The molecule has 0 radical (unpaired) electrons. The van der Waals surface area contributed by atoms with E-state index < -0.39 is 5.54 Å². The van der Waals surface area contributed by atoms with E-state index in [1.807, 2.05) is 10.1 Å². The normalized spacial score (nSPS) is 19.8. The topological polar surface area (TPSA) is 141 Å². The smallest absolute Gasteiger partial charge is 0.242 e. The second-order valence-corrected chi connectivity index (χ2v) is 10.5. The van der Waals surface area contributed by atoms with E-state index in [9.17, 15) is 4.79 Å². The largest absolute Gasteiger partial charge is 0.382 e. The van der Waals surface area contributed by atoms with Gasteiger partial charge in [0.1, 0.15) is 17.4 Å². The van der Waals surface area contributed by atoms with Crippen LogP contribution in [0.3, 0.4) is 0 Å². The fourth-order valence-electron chi connectivity index (χ4n) is 4.96. The van der Waals surface area contributed by atoms with Gasteiger partial charge in [-0.15, -0.1) is 11.3 Å². The van der Waals surface area contributed by atoms with Crippen molar-refractivity contribution in [1.82, 2.24) is 29.8 Å². The Morgan fingerprint density at radius 1 is 1.25 bits per heavy atom. The Kier molecular flexibility index (Phi) is 5.60. The monoisotopic (exact) mass is 503 g/mol. The van der Waals surface area contributed by atoms with Crippen LogP contribution in [-0.2, 0) is 17.8 Å². The molecule has 1 saturated heterocycles. The number of rotatable bonds is 7. The Morgan fingerprint density at radius 3 is 2.86 bits per heavy atom. The van der Waals surface area contributed by atoms with Gasteiger partial charge in [0.15, 0.2) is 11.5 Å². The number of hydrogen-bond donors (Lipinski definition) is 3. The van der Waals surface area contributed by atoms with Crippen molar-refractivity contribution in [1.29, 1.82) is 0 Å². The number of amides is 1. The molecule has 4 aromatic rings. The molecule has 1 atom stereocenters. The summed E-state index contributed by atoms with van der Waals surface area (Å²) in [5, 5.41) is 5.16. The summed E-state index contributed by atoms with van der Waals surface area (Å²) in [6.07, 6.45) is 6.74. The number of fused-ring (bicyclic) bond motifs is 1. The van der Waals surface area contributed by atoms with Crippen LogP contribution in [0, 0.1) is 0 Å². The van der Waals surface area contributed by atoms with Crippen molar-refractivity contribution in [3.8, 4) is 11.3 Å². The fourth-order valence-corrected chi connectivity index (χ4v) is 5.53. The molecule has 0 spiro atoms. The summed E-state index contributed by atoms with van der Waals surface area (Å²) in [7, 11) is 0. The molecule has 186 valence electrons. The minimum atomic E-state index is -0.910. The summed E-state index contributed by atoms with van der Waals surface area (Å²) in [6.45, 7) is 3.87. The molecule has 1 amide bonds. The number of nitrogens with two attached hydrogens (primary N) is 2. The predicted molar refractivity (Wildman–Crippen MR) is 141 cm³/mol. The van der Waals surface area contributed by atoms with Gasteiger partial charge in [-0.25, -0.2) is 19.9 Å². The molecule has 1 aliphatic carbocycles. The van der Waals surface area contributed by atoms with E-state index in [0.29, 0.717) is 43.0 Å². The molecule has 1 saturated carbocycles. The van der Waals surface area contributed by atoms with Crippen molar-refractivity contribution in [2.24, 2.45) is 5.73 Å². The summed E-state index contributed by atoms with van der Waals surface area (Å²) in [6, 6.07) is 4.67.